The summed E-state index contributed by atoms with van der Waals surface area (Å²) in [5.74, 6) is -2.80. The third-order valence-electron chi connectivity index (χ3n) is 3.06. The first-order chi connectivity index (χ1) is 8.88. The number of rotatable bonds is 3. The van der Waals surface area contributed by atoms with Crippen molar-refractivity contribution in [3.05, 3.63) is 40.4 Å². The average molecular weight is 300 g/mol. The van der Waals surface area contributed by atoms with Gasteiger partial charge in [0, 0.05) is 15.7 Å². The zero-order valence-electron chi connectivity index (χ0n) is 9.82. The maximum Gasteiger partial charge on any atom is 0.311 e. The van der Waals surface area contributed by atoms with Crippen molar-refractivity contribution >= 4 is 40.8 Å². The van der Waals surface area contributed by atoms with E-state index >= 15 is 0 Å². The second kappa shape index (κ2) is 5.23. The molecule has 1 amide bonds. The SMILES string of the molecule is C=C1CC(C(=O)Nc2cc(Cl)cc(Cl)c2)C1C(=O)O. The molecule has 2 rings (SSSR count). The van der Waals surface area contributed by atoms with E-state index in [2.05, 4.69) is 11.9 Å². The molecule has 2 unspecified atom stereocenters. The van der Waals surface area contributed by atoms with Gasteiger partial charge >= 0.3 is 5.97 Å². The molecule has 1 aliphatic rings. The van der Waals surface area contributed by atoms with Crippen LogP contribution in [0.2, 0.25) is 10.0 Å². The van der Waals surface area contributed by atoms with E-state index in [9.17, 15) is 9.59 Å². The summed E-state index contributed by atoms with van der Waals surface area (Å²) >= 11 is 11.6. The van der Waals surface area contributed by atoms with Gasteiger partial charge in [0.1, 0.15) is 0 Å². The van der Waals surface area contributed by atoms with Crippen LogP contribution in [-0.2, 0) is 9.59 Å². The molecule has 0 heterocycles. The molecule has 0 aliphatic heterocycles. The third-order valence-corrected chi connectivity index (χ3v) is 3.49. The molecule has 100 valence electrons. The lowest BCUT2D eigenvalue weighted by Gasteiger charge is -2.34. The molecule has 0 radical (unpaired) electrons. The van der Waals surface area contributed by atoms with Gasteiger partial charge in [-0.2, -0.15) is 0 Å². The summed E-state index contributed by atoms with van der Waals surface area (Å²) in [7, 11) is 0. The number of carboxylic acid groups (broad SMARTS) is 1. The van der Waals surface area contributed by atoms with E-state index in [1.54, 1.807) is 18.2 Å². The fourth-order valence-electron chi connectivity index (χ4n) is 2.10. The van der Waals surface area contributed by atoms with E-state index in [0.717, 1.165) is 0 Å². The van der Waals surface area contributed by atoms with Crippen LogP contribution in [0.5, 0.6) is 0 Å². The van der Waals surface area contributed by atoms with Crippen molar-refractivity contribution in [2.75, 3.05) is 5.32 Å². The highest BCUT2D eigenvalue weighted by Gasteiger charge is 2.44. The molecule has 1 aromatic rings. The van der Waals surface area contributed by atoms with Gasteiger partial charge in [-0.05, 0) is 24.6 Å². The summed E-state index contributed by atoms with van der Waals surface area (Å²) in [4.78, 5) is 23.0. The van der Waals surface area contributed by atoms with Crippen molar-refractivity contribution in [3.8, 4) is 0 Å². The van der Waals surface area contributed by atoms with Gasteiger partial charge in [0.25, 0.3) is 0 Å². The van der Waals surface area contributed by atoms with Crippen molar-refractivity contribution in [2.45, 2.75) is 6.42 Å². The molecule has 0 saturated heterocycles. The smallest absolute Gasteiger partial charge is 0.311 e. The van der Waals surface area contributed by atoms with Crippen LogP contribution < -0.4 is 5.32 Å². The van der Waals surface area contributed by atoms with Crippen molar-refractivity contribution in [1.29, 1.82) is 0 Å². The first-order valence-electron chi connectivity index (χ1n) is 5.56. The molecule has 4 nitrogen and oxygen atoms in total. The number of aliphatic carboxylic acids is 1. The van der Waals surface area contributed by atoms with Crippen LogP contribution in [-0.4, -0.2) is 17.0 Å². The molecule has 1 fully saturated rings. The largest absolute Gasteiger partial charge is 0.481 e. The Kier molecular flexibility index (Phi) is 3.83. The number of hydrogen-bond donors (Lipinski definition) is 2. The summed E-state index contributed by atoms with van der Waals surface area (Å²) in [6, 6.07) is 4.65. The summed E-state index contributed by atoms with van der Waals surface area (Å²) in [5, 5.41) is 12.4. The highest BCUT2D eigenvalue weighted by Crippen LogP contribution is 2.39. The van der Waals surface area contributed by atoms with Crippen LogP contribution in [0, 0.1) is 11.8 Å². The zero-order valence-corrected chi connectivity index (χ0v) is 11.3. The maximum atomic E-state index is 12.0. The zero-order chi connectivity index (χ0) is 14.2. The molecule has 19 heavy (non-hydrogen) atoms. The Bertz CT molecular complexity index is 543. The minimum atomic E-state index is -1.03. The normalized spacial score (nSPS) is 21.7. The van der Waals surface area contributed by atoms with Crippen LogP contribution in [0.3, 0.4) is 0 Å². The van der Waals surface area contributed by atoms with E-state index in [4.69, 9.17) is 28.3 Å². The molecule has 1 aliphatic carbocycles. The van der Waals surface area contributed by atoms with Gasteiger partial charge < -0.3 is 10.4 Å². The highest BCUT2D eigenvalue weighted by atomic mass is 35.5. The minimum Gasteiger partial charge on any atom is -0.481 e. The predicted octanol–water partition coefficient (Wildman–Crippen LogP) is 3.21. The topological polar surface area (TPSA) is 66.4 Å². The fourth-order valence-corrected chi connectivity index (χ4v) is 2.63. The van der Waals surface area contributed by atoms with Crippen molar-refractivity contribution in [2.24, 2.45) is 11.8 Å². The van der Waals surface area contributed by atoms with Crippen molar-refractivity contribution in [3.63, 3.8) is 0 Å². The first kappa shape index (κ1) is 13.9. The van der Waals surface area contributed by atoms with Gasteiger partial charge in [0.15, 0.2) is 0 Å². The van der Waals surface area contributed by atoms with E-state index < -0.39 is 17.8 Å². The molecule has 2 atom stereocenters. The van der Waals surface area contributed by atoms with E-state index in [1.165, 1.54) is 0 Å². The molecule has 1 saturated carbocycles. The van der Waals surface area contributed by atoms with E-state index in [1.807, 2.05) is 0 Å². The number of carbonyl (C=O) groups is 2. The summed E-state index contributed by atoms with van der Waals surface area (Å²) in [6.07, 6.45) is 0.386. The second-order valence-corrected chi connectivity index (χ2v) is 5.31. The monoisotopic (exact) mass is 299 g/mol. The van der Waals surface area contributed by atoms with Crippen molar-refractivity contribution < 1.29 is 14.7 Å². The van der Waals surface area contributed by atoms with Gasteiger partial charge in [-0.25, -0.2) is 0 Å². The number of nitrogens with one attached hydrogen (secondary N) is 1. The number of carbonyl (C=O) groups excluding carboxylic acids is 1. The van der Waals surface area contributed by atoms with Crippen LogP contribution in [0.15, 0.2) is 30.4 Å². The Labute approximate surface area is 120 Å². The lowest BCUT2D eigenvalue weighted by molar-refractivity contribution is -0.147. The standard InChI is InChI=1S/C13H11Cl2NO3/c1-6-2-10(11(6)13(18)19)12(17)16-9-4-7(14)3-8(15)5-9/h3-5,10-11H,1-2H2,(H,16,17)(H,18,19). The molecule has 0 aromatic heterocycles. The Hall–Kier alpha value is -1.52. The lowest BCUT2D eigenvalue weighted by Crippen LogP contribution is -2.42. The number of amides is 1. The lowest BCUT2D eigenvalue weighted by atomic mass is 9.69. The van der Waals surface area contributed by atoms with Gasteiger partial charge in [0.2, 0.25) is 5.91 Å². The number of anilines is 1. The maximum absolute atomic E-state index is 12.0. The molecule has 0 bridgehead atoms. The van der Waals surface area contributed by atoms with E-state index in [0.29, 0.717) is 27.7 Å². The van der Waals surface area contributed by atoms with Crippen LogP contribution in [0.25, 0.3) is 0 Å². The molecular weight excluding hydrogens is 289 g/mol. The van der Waals surface area contributed by atoms with E-state index in [-0.39, 0.29) is 5.91 Å². The van der Waals surface area contributed by atoms with Gasteiger partial charge in [-0.3, -0.25) is 9.59 Å². The number of carboxylic acids is 1. The molecule has 1 aromatic carbocycles. The molecule has 2 N–H and O–H groups in total. The average Bonchev–Trinajstić information content (AvgIpc) is 2.22. The predicted molar refractivity (Wildman–Crippen MR) is 73.5 cm³/mol. The first-order valence-corrected chi connectivity index (χ1v) is 6.31. The van der Waals surface area contributed by atoms with Gasteiger partial charge in [-0.15, -0.1) is 0 Å². The molecule has 0 spiro atoms. The third kappa shape index (κ3) is 2.91. The van der Waals surface area contributed by atoms with Crippen LogP contribution >= 0.6 is 23.2 Å². The minimum absolute atomic E-state index is 0.363. The number of hydrogen-bond acceptors (Lipinski definition) is 2. The molecular formula is C13H11Cl2NO3. The van der Waals surface area contributed by atoms with Gasteiger partial charge in [0.05, 0.1) is 11.8 Å². The Morgan fingerprint density at radius 3 is 2.32 bits per heavy atom. The summed E-state index contributed by atoms with van der Waals surface area (Å²) < 4.78 is 0. The highest BCUT2D eigenvalue weighted by molar-refractivity contribution is 6.35. The molecule has 6 heteroatoms. The number of benzene rings is 1. The Morgan fingerprint density at radius 2 is 1.84 bits per heavy atom. The second-order valence-electron chi connectivity index (χ2n) is 4.43. The quantitative estimate of drug-likeness (QED) is 0.842. The fraction of sp³-hybridized carbons (Fsp3) is 0.231. The summed E-state index contributed by atoms with van der Waals surface area (Å²) in [5.41, 5.74) is 1.01. The van der Waals surface area contributed by atoms with Gasteiger partial charge in [-0.1, -0.05) is 35.4 Å². The van der Waals surface area contributed by atoms with Crippen LogP contribution in [0.1, 0.15) is 6.42 Å². The van der Waals surface area contributed by atoms with Crippen LogP contribution in [0.4, 0.5) is 5.69 Å². The number of halogens is 2. The van der Waals surface area contributed by atoms with Crippen molar-refractivity contribution in [1.82, 2.24) is 0 Å². The Balaban J connectivity index is 2.09. The Morgan fingerprint density at radius 1 is 1.26 bits per heavy atom. The summed E-state index contributed by atoms with van der Waals surface area (Å²) in [6.45, 7) is 3.63.